The number of pyridine rings is 1. The highest BCUT2D eigenvalue weighted by Gasteiger charge is 2.37. The van der Waals surface area contributed by atoms with Crippen LogP contribution >= 0.6 is 0 Å². The molecule has 4 rings (SSSR count). The summed E-state index contributed by atoms with van der Waals surface area (Å²) in [6.07, 6.45) is 3.60. The molecule has 0 unspecified atom stereocenters. The Hall–Kier alpha value is -3.16. The van der Waals surface area contributed by atoms with Crippen molar-refractivity contribution in [3.63, 3.8) is 0 Å². The molecule has 3 aromatic heterocycles. The first kappa shape index (κ1) is 24.0. The zero-order valence-electron chi connectivity index (χ0n) is 19.3. The van der Waals surface area contributed by atoms with Crippen LogP contribution in [0.4, 0.5) is 5.95 Å². The number of aromatic nitrogens is 6. The number of sulfonamides is 1. The van der Waals surface area contributed by atoms with Gasteiger partial charge in [-0.3, -0.25) is 9.29 Å². The second-order valence-electron chi connectivity index (χ2n) is 8.29. The predicted molar refractivity (Wildman–Crippen MR) is 123 cm³/mol. The predicted octanol–water partition coefficient (Wildman–Crippen LogP) is 1.66. The van der Waals surface area contributed by atoms with E-state index < -0.39 is 27.4 Å². The molecular formula is C21H27N7O5S. The highest BCUT2D eigenvalue weighted by atomic mass is 32.2. The van der Waals surface area contributed by atoms with Crippen LogP contribution in [0.15, 0.2) is 30.7 Å². The minimum Gasteiger partial charge on any atom is -0.489 e. The molecule has 13 heteroatoms. The number of aliphatic hydroxyl groups is 1. The number of nitrogens with one attached hydrogen (secondary N) is 1. The van der Waals surface area contributed by atoms with Crippen molar-refractivity contribution in [1.82, 2.24) is 29.7 Å². The number of fused-ring (bicyclic) bond motifs is 3. The van der Waals surface area contributed by atoms with Crippen molar-refractivity contribution in [3.8, 4) is 17.3 Å². The van der Waals surface area contributed by atoms with E-state index >= 15 is 0 Å². The van der Waals surface area contributed by atoms with Gasteiger partial charge in [-0.15, -0.1) is 10.2 Å². The van der Waals surface area contributed by atoms with Gasteiger partial charge in [0.15, 0.2) is 11.6 Å². The fourth-order valence-electron chi connectivity index (χ4n) is 3.55. The fourth-order valence-corrected chi connectivity index (χ4v) is 4.64. The van der Waals surface area contributed by atoms with E-state index in [1.165, 1.54) is 11.5 Å². The fraction of sp³-hybridized carbons (Fsp3) is 0.476. The Kier molecular flexibility index (Phi) is 6.77. The first-order valence-corrected chi connectivity index (χ1v) is 12.4. The summed E-state index contributed by atoms with van der Waals surface area (Å²) in [4.78, 5) is 12.9. The maximum Gasteiger partial charge on any atom is 0.240 e. The van der Waals surface area contributed by atoms with Crippen LogP contribution in [-0.2, 0) is 14.8 Å². The van der Waals surface area contributed by atoms with Gasteiger partial charge in [-0.25, -0.2) is 23.4 Å². The van der Waals surface area contributed by atoms with Gasteiger partial charge in [0.25, 0.3) is 0 Å². The zero-order chi connectivity index (χ0) is 24.5. The highest BCUT2D eigenvalue weighted by molar-refractivity contribution is 7.93. The molecule has 0 spiro atoms. The van der Waals surface area contributed by atoms with E-state index in [4.69, 9.17) is 9.47 Å². The lowest BCUT2D eigenvalue weighted by molar-refractivity contribution is 0.00152. The Morgan fingerprint density at radius 2 is 1.97 bits per heavy atom. The van der Waals surface area contributed by atoms with Crippen molar-refractivity contribution in [1.29, 1.82) is 0 Å². The molecule has 4 heterocycles. The van der Waals surface area contributed by atoms with Crippen LogP contribution in [0.2, 0.25) is 0 Å². The molecule has 0 fully saturated rings. The van der Waals surface area contributed by atoms with E-state index in [2.05, 4.69) is 29.9 Å². The van der Waals surface area contributed by atoms with Crippen LogP contribution < -0.4 is 9.46 Å². The monoisotopic (exact) mass is 489 g/mol. The minimum absolute atomic E-state index is 0.0591. The van der Waals surface area contributed by atoms with E-state index in [0.717, 1.165) is 5.56 Å². The number of hydrogen-bond donors (Lipinski definition) is 2. The van der Waals surface area contributed by atoms with Crippen molar-refractivity contribution in [3.05, 3.63) is 42.1 Å². The number of nitrogens with zero attached hydrogens (tertiary/aromatic N) is 6. The topological polar surface area (TPSA) is 154 Å². The third-order valence-corrected chi connectivity index (χ3v) is 7.00. The van der Waals surface area contributed by atoms with Gasteiger partial charge in [-0.05, 0) is 45.4 Å². The molecular weight excluding hydrogens is 462 g/mol. The van der Waals surface area contributed by atoms with Crippen LogP contribution in [0.5, 0.6) is 5.75 Å². The molecule has 3 aromatic rings. The van der Waals surface area contributed by atoms with Crippen molar-refractivity contribution in [2.24, 2.45) is 0 Å². The molecule has 1 aliphatic heterocycles. The number of rotatable bonds is 8. The summed E-state index contributed by atoms with van der Waals surface area (Å²) in [6.45, 7) is 6.74. The summed E-state index contributed by atoms with van der Waals surface area (Å²) in [6, 6.07) is 2.81. The van der Waals surface area contributed by atoms with Crippen LogP contribution in [0, 0.1) is 6.92 Å². The van der Waals surface area contributed by atoms with Gasteiger partial charge in [0.05, 0.1) is 18.8 Å². The summed E-state index contributed by atoms with van der Waals surface area (Å²) in [5, 5.41) is 17.1. The molecule has 34 heavy (non-hydrogen) atoms. The third-order valence-electron chi connectivity index (χ3n) is 5.31. The average molecular weight is 490 g/mol. The van der Waals surface area contributed by atoms with Crippen LogP contribution in [0.25, 0.3) is 11.5 Å². The smallest absolute Gasteiger partial charge is 0.240 e. The van der Waals surface area contributed by atoms with Crippen molar-refractivity contribution in [2.45, 2.75) is 51.2 Å². The van der Waals surface area contributed by atoms with Crippen molar-refractivity contribution >= 4 is 16.0 Å². The summed E-state index contributed by atoms with van der Waals surface area (Å²) >= 11 is 0. The maximum absolute atomic E-state index is 13.4. The second-order valence-corrected chi connectivity index (χ2v) is 10.3. The van der Waals surface area contributed by atoms with Gasteiger partial charge in [-0.1, -0.05) is 0 Å². The second kappa shape index (κ2) is 9.60. The quantitative estimate of drug-likeness (QED) is 0.477. The Balaban J connectivity index is 1.69. The van der Waals surface area contributed by atoms with E-state index in [-0.39, 0.29) is 36.9 Å². The number of anilines is 1. The van der Waals surface area contributed by atoms with Gasteiger partial charge < -0.3 is 14.6 Å². The number of aryl methyl sites for hydroxylation is 1. The van der Waals surface area contributed by atoms with Crippen LogP contribution in [0.3, 0.4) is 0 Å². The average Bonchev–Trinajstić information content (AvgIpc) is 3.12. The first-order chi connectivity index (χ1) is 16.2. The maximum atomic E-state index is 13.4. The van der Waals surface area contributed by atoms with Crippen LogP contribution in [0.1, 0.15) is 44.3 Å². The number of hydrogen-bond acceptors (Lipinski definition) is 10. The normalized spacial score (nSPS) is 17.3. The molecule has 0 amide bonds. The summed E-state index contributed by atoms with van der Waals surface area (Å²) in [5.74, 6) is 0.958. The molecule has 1 aliphatic rings. The lowest BCUT2D eigenvalue weighted by atomic mass is 10.2. The standard InChI is InChI=1S/C21H27N7O5S/c1-12(2)33-18(19-23-8-13(3)9-24-19)14(4)34(30,31)27-21-26-25-20-17-16(6-5-7-22-17)32-11-15(10-29)28(20)21/h5-9,12,14-15,18,29H,10-11H2,1-4H3,(H,26,27)/t14-,15-,18+/m0/s1. The highest BCUT2D eigenvalue weighted by Crippen LogP contribution is 2.35. The molecule has 0 saturated heterocycles. The first-order valence-electron chi connectivity index (χ1n) is 10.8. The lowest BCUT2D eigenvalue weighted by Crippen LogP contribution is -2.35. The number of aliphatic hydroxyl groups excluding tert-OH is 1. The van der Waals surface area contributed by atoms with Gasteiger partial charge in [-0.2, -0.15) is 0 Å². The van der Waals surface area contributed by atoms with Gasteiger partial charge in [0, 0.05) is 18.6 Å². The largest absolute Gasteiger partial charge is 0.489 e. The SMILES string of the molecule is Cc1cnc([C@H](OC(C)C)[C@H](C)S(=O)(=O)Nc2nnc3n2[C@@H](CO)COc2cccnc2-3)nc1. The summed E-state index contributed by atoms with van der Waals surface area (Å²) < 4.78 is 42.5. The summed E-state index contributed by atoms with van der Waals surface area (Å²) in [7, 11) is -4.06. The Morgan fingerprint density at radius 1 is 1.24 bits per heavy atom. The zero-order valence-corrected chi connectivity index (χ0v) is 20.1. The molecule has 0 radical (unpaired) electrons. The van der Waals surface area contributed by atoms with E-state index in [0.29, 0.717) is 11.4 Å². The van der Waals surface area contributed by atoms with E-state index in [1.807, 2.05) is 20.8 Å². The van der Waals surface area contributed by atoms with Crippen LogP contribution in [-0.4, -0.2) is 67.8 Å². The van der Waals surface area contributed by atoms with Gasteiger partial charge in [0.2, 0.25) is 16.0 Å². The van der Waals surface area contributed by atoms with Crippen molar-refractivity contribution in [2.75, 3.05) is 17.9 Å². The third kappa shape index (κ3) is 4.72. The van der Waals surface area contributed by atoms with Gasteiger partial charge >= 0.3 is 0 Å². The molecule has 0 bridgehead atoms. The van der Waals surface area contributed by atoms with Gasteiger partial charge in [0.1, 0.15) is 29.4 Å². The molecule has 0 saturated carbocycles. The Bertz CT molecular complexity index is 1250. The van der Waals surface area contributed by atoms with Crippen molar-refractivity contribution < 1.29 is 23.0 Å². The minimum atomic E-state index is -4.06. The lowest BCUT2D eigenvalue weighted by Gasteiger charge is -2.26. The molecule has 0 aromatic carbocycles. The Morgan fingerprint density at radius 3 is 2.65 bits per heavy atom. The molecule has 2 N–H and O–H groups in total. The molecule has 182 valence electrons. The summed E-state index contributed by atoms with van der Waals surface area (Å²) in [5.41, 5.74) is 1.25. The number of ether oxygens (including phenoxy) is 2. The van der Waals surface area contributed by atoms with E-state index in [9.17, 15) is 13.5 Å². The molecule has 0 aliphatic carbocycles. The molecule has 3 atom stereocenters. The Labute approximate surface area is 197 Å². The van der Waals surface area contributed by atoms with E-state index in [1.54, 1.807) is 30.7 Å². The molecule has 12 nitrogen and oxygen atoms in total.